The normalized spacial score (nSPS) is 43.9. The van der Waals surface area contributed by atoms with Gasteiger partial charge in [-0.3, -0.25) is 4.84 Å². The molecule has 1 fully saturated rings. The van der Waals surface area contributed by atoms with E-state index in [0.29, 0.717) is 0 Å². The molecule has 84 valence electrons. The Balaban J connectivity index is 2.71. The lowest BCUT2D eigenvalue weighted by Gasteiger charge is -2.40. The molecule has 7 nitrogen and oxygen atoms in total. The zero-order valence-electron chi connectivity index (χ0n) is 7.74. The second-order valence-electron chi connectivity index (χ2n) is 3.04. The molecule has 0 aromatic rings. The maximum absolute atomic E-state index is 9.51. The molecule has 14 heavy (non-hydrogen) atoms. The van der Waals surface area contributed by atoms with Crippen LogP contribution in [-0.2, 0) is 14.3 Å². The van der Waals surface area contributed by atoms with Gasteiger partial charge in [0.2, 0.25) is 0 Å². The molecule has 1 rings (SSSR count). The lowest BCUT2D eigenvalue weighted by atomic mass is 9.99. The number of ether oxygens (including phenoxy) is 2. The molecule has 0 bridgehead atoms. The molecule has 0 aromatic carbocycles. The highest BCUT2D eigenvalue weighted by Gasteiger charge is 2.45. The van der Waals surface area contributed by atoms with Gasteiger partial charge in [0.1, 0.15) is 18.3 Å². The molecule has 2 unspecified atom stereocenters. The third-order valence-electron chi connectivity index (χ3n) is 2.21. The van der Waals surface area contributed by atoms with Gasteiger partial charge in [-0.25, -0.2) is 5.90 Å². The van der Waals surface area contributed by atoms with E-state index in [0.717, 1.165) is 0 Å². The predicted octanol–water partition coefficient (Wildman–Crippen LogP) is -2.67. The fourth-order valence-corrected chi connectivity index (χ4v) is 1.39. The van der Waals surface area contributed by atoms with Crippen LogP contribution in [0, 0.1) is 0 Å². The van der Waals surface area contributed by atoms with Gasteiger partial charge < -0.3 is 24.8 Å². The van der Waals surface area contributed by atoms with E-state index >= 15 is 0 Å². The molecular formula is C7H15NO6. The zero-order valence-corrected chi connectivity index (χ0v) is 7.74. The number of hydrogen-bond donors (Lipinski definition) is 4. The Morgan fingerprint density at radius 2 is 2.00 bits per heavy atom. The Kier molecular flexibility index (Phi) is 4.20. The number of aliphatic hydroxyl groups is 3. The van der Waals surface area contributed by atoms with Crippen LogP contribution in [0.25, 0.3) is 0 Å². The van der Waals surface area contributed by atoms with Crippen LogP contribution in [-0.4, -0.2) is 59.7 Å². The molecule has 0 aromatic heterocycles. The lowest BCUT2D eigenvalue weighted by molar-refractivity contribution is -0.304. The molecule has 1 heterocycles. The van der Waals surface area contributed by atoms with E-state index in [1.807, 2.05) is 0 Å². The van der Waals surface area contributed by atoms with Gasteiger partial charge in [0, 0.05) is 7.11 Å². The highest BCUT2D eigenvalue weighted by Crippen LogP contribution is 2.22. The van der Waals surface area contributed by atoms with Crippen molar-refractivity contribution in [2.75, 3.05) is 13.7 Å². The van der Waals surface area contributed by atoms with Gasteiger partial charge >= 0.3 is 0 Å². The quantitative estimate of drug-likeness (QED) is 0.375. The van der Waals surface area contributed by atoms with Crippen LogP contribution in [0.2, 0.25) is 0 Å². The van der Waals surface area contributed by atoms with Crippen LogP contribution in [0.1, 0.15) is 0 Å². The van der Waals surface area contributed by atoms with Gasteiger partial charge in [0.25, 0.3) is 0 Å². The average molecular weight is 209 g/mol. The summed E-state index contributed by atoms with van der Waals surface area (Å²) in [4.78, 5) is 4.43. The highest BCUT2D eigenvalue weighted by molar-refractivity contribution is 4.89. The standard InChI is InChI=1S/C7H15NO6/c1-12-7-6(14-8)5(11)4(10)3(2-9)13-7/h3-7,9-11H,2,8H2,1H3/t3?,4-,5+,6-,7?/m1/s1. The van der Waals surface area contributed by atoms with Gasteiger partial charge in [0.05, 0.1) is 6.61 Å². The number of rotatable bonds is 3. The van der Waals surface area contributed by atoms with Crippen molar-refractivity contribution >= 4 is 0 Å². The minimum Gasteiger partial charge on any atom is -0.394 e. The molecule has 0 aliphatic carbocycles. The molecule has 0 saturated carbocycles. The summed E-state index contributed by atoms with van der Waals surface area (Å²) in [5, 5.41) is 27.8. The highest BCUT2D eigenvalue weighted by atomic mass is 16.7. The van der Waals surface area contributed by atoms with Gasteiger partial charge in [-0.2, -0.15) is 0 Å². The summed E-state index contributed by atoms with van der Waals surface area (Å²) in [6, 6.07) is 0. The molecule has 7 heteroatoms. The van der Waals surface area contributed by atoms with Crippen molar-refractivity contribution in [1.29, 1.82) is 0 Å². The van der Waals surface area contributed by atoms with Crippen LogP contribution in [0.5, 0.6) is 0 Å². The van der Waals surface area contributed by atoms with E-state index in [1.165, 1.54) is 7.11 Å². The monoisotopic (exact) mass is 209 g/mol. The van der Waals surface area contributed by atoms with E-state index in [1.54, 1.807) is 0 Å². The molecule has 1 saturated heterocycles. The Hall–Kier alpha value is -0.280. The molecule has 1 aliphatic rings. The van der Waals surface area contributed by atoms with Crippen molar-refractivity contribution in [2.24, 2.45) is 5.90 Å². The third kappa shape index (κ3) is 2.04. The second kappa shape index (κ2) is 4.99. The fourth-order valence-electron chi connectivity index (χ4n) is 1.39. The number of methoxy groups -OCH3 is 1. The number of hydrogen-bond acceptors (Lipinski definition) is 7. The first kappa shape index (κ1) is 11.8. The maximum Gasteiger partial charge on any atom is 0.188 e. The lowest BCUT2D eigenvalue weighted by Crippen LogP contribution is -2.60. The minimum atomic E-state index is -1.25. The Morgan fingerprint density at radius 3 is 2.43 bits per heavy atom. The van der Waals surface area contributed by atoms with Crippen LogP contribution in [0.3, 0.4) is 0 Å². The molecule has 0 spiro atoms. The van der Waals surface area contributed by atoms with E-state index in [9.17, 15) is 10.2 Å². The summed E-state index contributed by atoms with van der Waals surface area (Å²) in [6.45, 7) is -0.421. The fraction of sp³-hybridized carbons (Fsp3) is 1.00. The van der Waals surface area contributed by atoms with E-state index in [4.69, 9.17) is 20.5 Å². The van der Waals surface area contributed by atoms with Crippen LogP contribution >= 0.6 is 0 Å². The van der Waals surface area contributed by atoms with Gasteiger partial charge in [-0.15, -0.1) is 0 Å². The summed E-state index contributed by atoms with van der Waals surface area (Å²) < 4.78 is 9.92. The molecule has 1 aliphatic heterocycles. The Bertz CT molecular complexity index is 178. The molecule has 5 N–H and O–H groups in total. The van der Waals surface area contributed by atoms with E-state index < -0.39 is 37.3 Å². The molecule has 5 atom stereocenters. The maximum atomic E-state index is 9.51. The van der Waals surface area contributed by atoms with Crippen molar-refractivity contribution in [1.82, 2.24) is 0 Å². The van der Waals surface area contributed by atoms with Crippen LogP contribution in [0.4, 0.5) is 0 Å². The average Bonchev–Trinajstić information content (AvgIpc) is 2.21. The summed E-state index contributed by atoms with van der Waals surface area (Å²) in [5.74, 6) is 4.92. The van der Waals surface area contributed by atoms with E-state index in [2.05, 4.69) is 4.84 Å². The molecular weight excluding hydrogens is 194 g/mol. The van der Waals surface area contributed by atoms with Crippen molar-refractivity contribution < 1.29 is 29.6 Å². The largest absolute Gasteiger partial charge is 0.394 e. The van der Waals surface area contributed by atoms with Crippen molar-refractivity contribution in [3.05, 3.63) is 0 Å². The van der Waals surface area contributed by atoms with Gasteiger partial charge in [-0.05, 0) is 0 Å². The number of nitrogens with two attached hydrogens (primary N) is 1. The summed E-state index contributed by atoms with van der Waals surface area (Å²) in [5.41, 5.74) is 0. The summed E-state index contributed by atoms with van der Waals surface area (Å²) in [7, 11) is 1.34. The molecule has 0 radical (unpaired) electrons. The van der Waals surface area contributed by atoms with Crippen molar-refractivity contribution in [3.8, 4) is 0 Å². The minimum absolute atomic E-state index is 0.421. The van der Waals surface area contributed by atoms with Crippen LogP contribution in [0.15, 0.2) is 0 Å². The summed E-state index contributed by atoms with van der Waals surface area (Å²) >= 11 is 0. The van der Waals surface area contributed by atoms with Crippen LogP contribution < -0.4 is 5.90 Å². The SMILES string of the molecule is COC1OC(CO)[C@@H](O)[C@H](O)[C@H]1ON. The molecule has 0 amide bonds. The first-order valence-electron chi connectivity index (χ1n) is 4.16. The van der Waals surface area contributed by atoms with Gasteiger partial charge in [-0.1, -0.05) is 0 Å². The topological polar surface area (TPSA) is 114 Å². The first-order valence-corrected chi connectivity index (χ1v) is 4.16. The second-order valence-corrected chi connectivity index (χ2v) is 3.04. The van der Waals surface area contributed by atoms with Gasteiger partial charge in [0.15, 0.2) is 12.4 Å². The predicted molar refractivity (Wildman–Crippen MR) is 43.8 cm³/mol. The Labute approximate surface area is 80.9 Å². The van der Waals surface area contributed by atoms with Crippen molar-refractivity contribution in [3.63, 3.8) is 0 Å². The third-order valence-corrected chi connectivity index (χ3v) is 2.21. The van der Waals surface area contributed by atoms with Crippen molar-refractivity contribution in [2.45, 2.75) is 30.7 Å². The number of aliphatic hydroxyl groups excluding tert-OH is 3. The summed E-state index contributed by atoms with van der Waals surface area (Å²) in [6.07, 6.45) is -5.29. The smallest absolute Gasteiger partial charge is 0.188 e. The zero-order chi connectivity index (χ0) is 10.7. The Morgan fingerprint density at radius 1 is 1.36 bits per heavy atom. The van der Waals surface area contributed by atoms with E-state index in [-0.39, 0.29) is 0 Å². The first-order chi connectivity index (χ1) is 6.65.